The first-order chi connectivity index (χ1) is 17.2. The molecule has 12 nitrogen and oxygen atoms in total. The SMILES string of the molecule is NC(=O)Cn1c(=O)[nH]/c(=N\c2ccc(Oc3nc(C(=O)O)cs3)cc2)n(Cc2ccc(Cl)cc2)c1=O. The van der Waals surface area contributed by atoms with Crippen molar-refractivity contribution < 1.29 is 19.4 Å². The molecule has 14 heteroatoms. The van der Waals surface area contributed by atoms with Crippen molar-refractivity contribution in [2.24, 2.45) is 10.7 Å². The van der Waals surface area contributed by atoms with Crippen LogP contribution in [0.25, 0.3) is 0 Å². The van der Waals surface area contributed by atoms with Crippen LogP contribution in [0.4, 0.5) is 5.69 Å². The number of aromatic amines is 1. The zero-order chi connectivity index (χ0) is 25.8. The maximum atomic E-state index is 13.1. The second-order valence-corrected chi connectivity index (χ2v) is 8.57. The topological polar surface area (TPSA) is 175 Å². The molecule has 0 saturated carbocycles. The summed E-state index contributed by atoms with van der Waals surface area (Å²) in [7, 11) is 0. The molecule has 2 aromatic carbocycles. The summed E-state index contributed by atoms with van der Waals surface area (Å²) in [6.45, 7) is -0.566. The fourth-order valence-electron chi connectivity index (χ4n) is 3.07. The molecule has 36 heavy (non-hydrogen) atoms. The Morgan fingerprint density at radius 1 is 1.11 bits per heavy atom. The number of ether oxygens (including phenoxy) is 1. The molecule has 4 rings (SSSR count). The van der Waals surface area contributed by atoms with Gasteiger partial charge in [-0.2, -0.15) is 4.98 Å². The summed E-state index contributed by atoms with van der Waals surface area (Å²) in [6.07, 6.45) is 0. The molecule has 184 valence electrons. The highest BCUT2D eigenvalue weighted by Crippen LogP contribution is 2.26. The molecule has 4 N–H and O–H groups in total. The molecule has 2 heterocycles. The summed E-state index contributed by atoms with van der Waals surface area (Å²) in [5.74, 6) is -1.63. The first-order valence-electron chi connectivity index (χ1n) is 10.2. The van der Waals surface area contributed by atoms with E-state index in [9.17, 15) is 19.2 Å². The van der Waals surface area contributed by atoms with Gasteiger partial charge in [-0.05, 0) is 42.0 Å². The normalized spacial score (nSPS) is 11.4. The van der Waals surface area contributed by atoms with Crippen LogP contribution in [-0.4, -0.2) is 36.1 Å². The number of halogens is 1. The van der Waals surface area contributed by atoms with Crippen LogP contribution in [0.15, 0.2) is 68.5 Å². The number of carbonyl (C=O) groups excluding carboxylic acids is 1. The molecule has 0 saturated heterocycles. The Bertz CT molecular complexity index is 1620. The number of aromatic nitrogens is 4. The number of benzene rings is 2. The molecule has 0 radical (unpaired) electrons. The molecule has 0 aliphatic rings. The number of thiazole rings is 1. The van der Waals surface area contributed by atoms with Crippen molar-refractivity contribution in [1.29, 1.82) is 0 Å². The minimum absolute atomic E-state index is 0.0293. The van der Waals surface area contributed by atoms with Crippen LogP contribution < -0.4 is 27.5 Å². The zero-order valence-electron chi connectivity index (χ0n) is 18.3. The van der Waals surface area contributed by atoms with Gasteiger partial charge in [0.05, 0.1) is 12.2 Å². The van der Waals surface area contributed by atoms with E-state index in [1.165, 1.54) is 9.95 Å². The number of nitrogens with one attached hydrogen (secondary N) is 1. The number of nitrogens with two attached hydrogens (primary N) is 1. The minimum Gasteiger partial charge on any atom is -0.476 e. The maximum Gasteiger partial charge on any atom is 0.355 e. The van der Waals surface area contributed by atoms with Crippen LogP contribution in [0.3, 0.4) is 0 Å². The Morgan fingerprint density at radius 3 is 2.42 bits per heavy atom. The van der Waals surface area contributed by atoms with Crippen LogP contribution in [0.1, 0.15) is 16.1 Å². The van der Waals surface area contributed by atoms with E-state index in [0.717, 1.165) is 11.3 Å². The van der Waals surface area contributed by atoms with Crippen molar-refractivity contribution >= 4 is 40.5 Å². The fourth-order valence-corrected chi connectivity index (χ4v) is 3.85. The first-order valence-corrected chi connectivity index (χ1v) is 11.4. The quantitative estimate of drug-likeness (QED) is 0.312. The van der Waals surface area contributed by atoms with E-state index in [-0.39, 0.29) is 23.1 Å². The third kappa shape index (κ3) is 5.76. The lowest BCUT2D eigenvalue weighted by molar-refractivity contribution is -0.118. The standard InChI is InChI=1S/C22H17ClN6O6S/c23-13-3-1-12(2-4-13)9-28-19(27-20(33)29(22(28)34)10-17(24)30)25-14-5-7-15(8-6-14)35-21-26-16(11-36-21)18(31)32/h1-8,11H,9-10H2,(H2,24,30)(H,31,32)(H,25,27,33). The van der Waals surface area contributed by atoms with Crippen LogP contribution in [0.2, 0.25) is 5.02 Å². The van der Waals surface area contributed by atoms with Crippen molar-refractivity contribution in [3.8, 4) is 10.9 Å². The molecule has 4 aromatic rings. The Kier molecular flexibility index (Phi) is 7.12. The van der Waals surface area contributed by atoms with E-state index in [0.29, 0.717) is 26.6 Å². The largest absolute Gasteiger partial charge is 0.476 e. The fraction of sp³-hybridized carbons (Fsp3) is 0.0909. The molecule has 0 bridgehead atoms. The number of hydrogen-bond acceptors (Lipinski definition) is 8. The molecule has 0 spiro atoms. The average molecular weight is 529 g/mol. The van der Waals surface area contributed by atoms with Crippen molar-refractivity contribution in [3.63, 3.8) is 0 Å². The smallest absolute Gasteiger partial charge is 0.355 e. The molecule has 2 aromatic heterocycles. The van der Waals surface area contributed by atoms with E-state index in [2.05, 4.69) is 15.0 Å². The molecule has 0 aliphatic heterocycles. The van der Waals surface area contributed by atoms with Gasteiger partial charge >= 0.3 is 17.3 Å². The molecular formula is C22H17ClN6O6S. The highest BCUT2D eigenvalue weighted by atomic mass is 35.5. The number of rotatable bonds is 8. The lowest BCUT2D eigenvalue weighted by Gasteiger charge is -2.10. The summed E-state index contributed by atoms with van der Waals surface area (Å²) >= 11 is 6.97. The van der Waals surface area contributed by atoms with E-state index in [1.807, 2.05) is 0 Å². The number of primary amides is 1. The summed E-state index contributed by atoms with van der Waals surface area (Å²) in [4.78, 5) is 58.6. The first kappa shape index (κ1) is 24.6. The molecular weight excluding hydrogens is 512 g/mol. The van der Waals surface area contributed by atoms with E-state index < -0.39 is 29.8 Å². The van der Waals surface area contributed by atoms with Gasteiger partial charge in [-0.3, -0.25) is 14.3 Å². The summed E-state index contributed by atoms with van der Waals surface area (Å²) in [5.41, 5.74) is 4.46. The molecule has 0 unspecified atom stereocenters. The van der Waals surface area contributed by atoms with Gasteiger partial charge < -0.3 is 15.6 Å². The third-order valence-electron chi connectivity index (χ3n) is 4.73. The third-order valence-corrected chi connectivity index (χ3v) is 5.70. The van der Waals surface area contributed by atoms with Gasteiger partial charge in [0.2, 0.25) is 11.5 Å². The van der Waals surface area contributed by atoms with Crippen LogP contribution in [0.5, 0.6) is 10.9 Å². The van der Waals surface area contributed by atoms with Gasteiger partial charge in [-0.25, -0.2) is 23.9 Å². The Hall–Kier alpha value is -4.49. The van der Waals surface area contributed by atoms with Gasteiger partial charge in [0.25, 0.3) is 5.19 Å². The van der Waals surface area contributed by atoms with Crippen LogP contribution >= 0.6 is 22.9 Å². The van der Waals surface area contributed by atoms with Gasteiger partial charge in [-0.1, -0.05) is 35.1 Å². The molecule has 0 aliphatic carbocycles. The predicted molar refractivity (Wildman–Crippen MR) is 130 cm³/mol. The lowest BCUT2D eigenvalue weighted by Crippen LogP contribution is -2.51. The number of nitrogens with zero attached hydrogens (tertiary/aromatic N) is 4. The number of carbonyl (C=O) groups is 2. The van der Waals surface area contributed by atoms with Gasteiger partial charge in [0, 0.05) is 10.4 Å². The number of carboxylic acid groups (broad SMARTS) is 1. The molecule has 1 amide bonds. The second kappa shape index (κ2) is 10.4. The van der Waals surface area contributed by atoms with Gasteiger partial charge in [0.15, 0.2) is 5.69 Å². The Labute approximate surface area is 210 Å². The van der Waals surface area contributed by atoms with Crippen molar-refractivity contribution in [2.75, 3.05) is 0 Å². The number of carboxylic acids is 1. The van der Waals surface area contributed by atoms with Gasteiger partial charge in [-0.15, -0.1) is 0 Å². The van der Waals surface area contributed by atoms with Crippen LogP contribution in [0, 0.1) is 0 Å². The minimum atomic E-state index is -1.16. The predicted octanol–water partition coefficient (Wildman–Crippen LogP) is 1.70. The van der Waals surface area contributed by atoms with Crippen molar-refractivity contribution in [2.45, 2.75) is 13.1 Å². The summed E-state index contributed by atoms with van der Waals surface area (Å²) < 4.78 is 7.43. The second-order valence-electron chi connectivity index (χ2n) is 7.31. The average Bonchev–Trinajstić information content (AvgIpc) is 3.30. The van der Waals surface area contributed by atoms with E-state index >= 15 is 0 Å². The highest BCUT2D eigenvalue weighted by molar-refractivity contribution is 7.11. The zero-order valence-corrected chi connectivity index (χ0v) is 19.8. The lowest BCUT2D eigenvalue weighted by atomic mass is 10.2. The number of hydrogen-bond donors (Lipinski definition) is 3. The van der Waals surface area contributed by atoms with Crippen LogP contribution in [-0.2, 0) is 17.9 Å². The summed E-state index contributed by atoms with van der Waals surface area (Å²) in [5, 5.41) is 11.0. The van der Waals surface area contributed by atoms with E-state index in [4.69, 9.17) is 27.2 Å². The molecule has 0 atom stereocenters. The Balaban J connectivity index is 1.71. The number of aromatic carboxylic acids is 1. The number of H-pyrrole nitrogens is 1. The maximum absolute atomic E-state index is 13.1. The monoisotopic (exact) mass is 528 g/mol. The highest BCUT2D eigenvalue weighted by Gasteiger charge is 2.13. The van der Waals surface area contributed by atoms with Crippen molar-refractivity contribution in [3.05, 3.63) is 96.8 Å². The van der Waals surface area contributed by atoms with Gasteiger partial charge in [0.1, 0.15) is 12.3 Å². The Morgan fingerprint density at radius 2 is 1.81 bits per heavy atom. The van der Waals surface area contributed by atoms with E-state index in [1.54, 1.807) is 48.5 Å². The summed E-state index contributed by atoms with van der Waals surface area (Å²) in [6, 6.07) is 13.0. The van der Waals surface area contributed by atoms with Crippen molar-refractivity contribution in [1.82, 2.24) is 19.1 Å². The molecule has 0 fully saturated rings. The number of amides is 1.